The van der Waals surface area contributed by atoms with E-state index in [4.69, 9.17) is 0 Å². The molecule has 180 valence electrons. The van der Waals surface area contributed by atoms with E-state index < -0.39 is 6.04 Å². The molecule has 0 bridgehead atoms. The number of rotatable bonds is 10. The molecule has 0 radical (unpaired) electrons. The van der Waals surface area contributed by atoms with Gasteiger partial charge in [-0.2, -0.15) is 0 Å². The van der Waals surface area contributed by atoms with E-state index in [0.29, 0.717) is 17.5 Å². The molecular weight excluding hydrogens is 498 g/mol. The highest BCUT2D eigenvalue weighted by atomic mass is 79.9. The predicted octanol–water partition coefficient (Wildman–Crippen LogP) is 4.16. The van der Waals surface area contributed by atoms with Gasteiger partial charge in [0.25, 0.3) is 11.8 Å². The van der Waals surface area contributed by atoms with Crippen molar-refractivity contribution in [1.29, 1.82) is 0 Å². The van der Waals surface area contributed by atoms with E-state index in [1.54, 1.807) is 36.1 Å². The van der Waals surface area contributed by atoms with Crippen LogP contribution in [0.4, 0.5) is 0 Å². The molecule has 4 amide bonds. The van der Waals surface area contributed by atoms with Crippen LogP contribution in [0.1, 0.15) is 66.3 Å². The lowest BCUT2D eigenvalue weighted by Gasteiger charge is -2.30. The maximum Gasteiger partial charge on any atom is 0.261 e. The Labute approximate surface area is 208 Å². The van der Waals surface area contributed by atoms with Gasteiger partial charge in [-0.25, -0.2) is 0 Å². The Kier molecular flexibility index (Phi) is 8.61. The van der Waals surface area contributed by atoms with Crippen LogP contribution in [0.25, 0.3) is 0 Å². The number of fused-ring (bicyclic) bond motifs is 1. The van der Waals surface area contributed by atoms with Crippen molar-refractivity contribution >= 4 is 39.6 Å². The Morgan fingerprint density at radius 2 is 1.59 bits per heavy atom. The van der Waals surface area contributed by atoms with Gasteiger partial charge in [-0.15, -0.1) is 0 Å². The molecule has 0 saturated carbocycles. The average Bonchev–Trinajstić information content (AvgIpc) is 3.08. The van der Waals surface area contributed by atoms with E-state index in [1.807, 2.05) is 38.1 Å². The number of amides is 4. The number of hydrogen-bond acceptors (Lipinski definition) is 4. The molecule has 1 aliphatic rings. The monoisotopic (exact) mass is 527 g/mol. The summed E-state index contributed by atoms with van der Waals surface area (Å²) < 4.78 is 0.928. The van der Waals surface area contributed by atoms with Gasteiger partial charge in [0.1, 0.15) is 6.04 Å². The van der Waals surface area contributed by atoms with Crippen molar-refractivity contribution in [2.75, 3.05) is 6.54 Å². The molecule has 2 atom stereocenters. The Balaban J connectivity index is 1.67. The minimum absolute atomic E-state index is 0.00778. The third-order valence-corrected chi connectivity index (χ3v) is 6.61. The first-order valence-electron chi connectivity index (χ1n) is 11.5. The van der Waals surface area contributed by atoms with Crippen LogP contribution in [0, 0.1) is 0 Å². The van der Waals surface area contributed by atoms with Crippen LogP contribution in [0.5, 0.6) is 0 Å². The van der Waals surface area contributed by atoms with Gasteiger partial charge in [-0.1, -0.05) is 47.1 Å². The standard InChI is InChI=1S/C26H30BrN3O4/c1-4-17(2)28-24(32)18(3)30(16-19-11-13-20(27)14-12-19)23(31)10-7-15-29-25(33)21-8-5-6-9-22(21)26(29)34/h5-6,8-9,11-14,17-18H,4,7,10,15-16H2,1-3H3,(H,28,32)/t17-,18+/m1/s1. The molecule has 0 saturated heterocycles. The molecule has 1 heterocycles. The van der Waals surface area contributed by atoms with Crippen molar-refractivity contribution in [2.24, 2.45) is 0 Å². The van der Waals surface area contributed by atoms with Gasteiger partial charge in [-0.05, 0) is 56.5 Å². The lowest BCUT2D eigenvalue weighted by atomic mass is 10.1. The minimum atomic E-state index is -0.663. The Bertz CT molecular complexity index is 1030. The highest BCUT2D eigenvalue weighted by molar-refractivity contribution is 9.10. The van der Waals surface area contributed by atoms with Crippen LogP contribution in [0.15, 0.2) is 53.0 Å². The van der Waals surface area contributed by atoms with E-state index in [-0.39, 0.29) is 49.2 Å². The Hall–Kier alpha value is -3.00. The summed E-state index contributed by atoms with van der Waals surface area (Å²) in [6.07, 6.45) is 1.23. The van der Waals surface area contributed by atoms with Gasteiger partial charge < -0.3 is 10.2 Å². The molecule has 0 fully saturated rings. The summed E-state index contributed by atoms with van der Waals surface area (Å²) in [4.78, 5) is 53.9. The number of imide groups is 1. The van der Waals surface area contributed by atoms with E-state index in [0.717, 1.165) is 16.5 Å². The second-order valence-electron chi connectivity index (χ2n) is 8.55. The van der Waals surface area contributed by atoms with Gasteiger partial charge in [-0.3, -0.25) is 24.1 Å². The molecule has 0 aliphatic carbocycles. The summed E-state index contributed by atoms with van der Waals surface area (Å²) in [6.45, 7) is 6.07. The molecule has 0 unspecified atom stereocenters. The van der Waals surface area contributed by atoms with Crippen LogP contribution < -0.4 is 5.32 Å². The molecule has 8 heteroatoms. The molecule has 0 spiro atoms. The van der Waals surface area contributed by atoms with Crippen molar-refractivity contribution < 1.29 is 19.2 Å². The third kappa shape index (κ3) is 5.91. The zero-order chi connectivity index (χ0) is 24.8. The zero-order valence-corrected chi connectivity index (χ0v) is 21.3. The fraction of sp³-hybridized carbons (Fsp3) is 0.385. The van der Waals surface area contributed by atoms with E-state index in [1.165, 1.54) is 4.90 Å². The van der Waals surface area contributed by atoms with Crippen LogP contribution in [-0.4, -0.2) is 52.1 Å². The van der Waals surface area contributed by atoms with Crippen LogP contribution in [0.2, 0.25) is 0 Å². The van der Waals surface area contributed by atoms with Crippen molar-refractivity contribution in [1.82, 2.24) is 15.1 Å². The van der Waals surface area contributed by atoms with Crippen molar-refractivity contribution in [3.8, 4) is 0 Å². The number of nitrogens with zero attached hydrogens (tertiary/aromatic N) is 2. The minimum Gasteiger partial charge on any atom is -0.352 e. The number of carbonyl (C=O) groups is 4. The maximum absolute atomic E-state index is 13.2. The van der Waals surface area contributed by atoms with Gasteiger partial charge >= 0.3 is 0 Å². The lowest BCUT2D eigenvalue weighted by molar-refractivity contribution is -0.141. The van der Waals surface area contributed by atoms with Gasteiger partial charge in [0.2, 0.25) is 11.8 Å². The first kappa shape index (κ1) is 25.6. The molecule has 1 aliphatic heterocycles. The SMILES string of the molecule is CC[C@@H](C)NC(=O)[C@H](C)N(Cc1ccc(Br)cc1)C(=O)CCCN1C(=O)c2ccccc2C1=O. The summed E-state index contributed by atoms with van der Waals surface area (Å²) in [5.74, 6) is -1.08. The fourth-order valence-electron chi connectivity index (χ4n) is 3.81. The molecule has 1 N–H and O–H groups in total. The maximum atomic E-state index is 13.2. The zero-order valence-electron chi connectivity index (χ0n) is 19.7. The molecule has 34 heavy (non-hydrogen) atoms. The summed E-state index contributed by atoms with van der Waals surface area (Å²) in [5, 5.41) is 2.94. The summed E-state index contributed by atoms with van der Waals surface area (Å²) in [5.41, 5.74) is 1.69. The van der Waals surface area contributed by atoms with Crippen LogP contribution in [-0.2, 0) is 16.1 Å². The molecule has 2 aromatic carbocycles. The molecule has 2 aromatic rings. The average molecular weight is 528 g/mol. The van der Waals surface area contributed by atoms with Gasteiger partial charge in [0.15, 0.2) is 0 Å². The molecular formula is C26H30BrN3O4. The molecule has 3 rings (SSSR count). The Morgan fingerprint density at radius 3 is 2.15 bits per heavy atom. The number of nitrogens with one attached hydrogen (secondary N) is 1. The molecule has 7 nitrogen and oxygen atoms in total. The van der Waals surface area contributed by atoms with Crippen LogP contribution >= 0.6 is 15.9 Å². The second-order valence-corrected chi connectivity index (χ2v) is 9.47. The number of hydrogen-bond donors (Lipinski definition) is 1. The fourth-order valence-corrected chi connectivity index (χ4v) is 4.07. The predicted molar refractivity (Wildman–Crippen MR) is 133 cm³/mol. The smallest absolute Gasteiger partial charge is 0.261 e. The van der Waals surface area contributed by atoms with Crippen molar-refractivity contribution in [3.05, 3.63) is 69.7 Å². The van der Waals surface area contributed by atoms with Crippen LogP contribution in [0.3, 0.4) is 0 Å². The lowest BCUT2D eigenvalue weighted by Crippen LogP contribution is -2.49. The van der Waals surface area contributed by atoms with Gasteiger partial charge in [0, 0.05) is 30.0 Å². The first-order chi connectivity index (χ1) is 16.2. The first-order valence-corrected chi connectivity index (χ1v) is 12.3. The summed E-state index contributed by atoms with van der Waals surface area (Å²) in [6, 6.07) is 13.7. The van der Waals surface area contributed by atoms with Crippen molar-refractivity contribution in [3.63, 3.8) is 0 Å². The highest BCUT2D eigenvalue weighted by Gasteiger charge is 2.35. The second kappa shape index (κ2) is 11.4. The quantitative estimate of drug-likeness (QED) is 0.470. The number of halogens is 1. The molecule has 0 aromatic heterocycles. The largest absolute Gasteiger partial charge is 0.352 e. The summed E-state index contributed by atoms with van der Waals surface area (Å²) >= 11 is 3.41. The van der Waals surface area contributed by atoms with E-state index >= 15 is 0 Å². The Morgan fingerprint density at radius 1 is 1.00 bits per heavy atom. The van der Waals surface area contributed by atoms with E-state index in [2.05, 4.69) is 21.2 Å². The topological polar surface area (TPSA) is 86.8 Å². The normalized spacial score (nSPS) is 14.5. The van der Waals surface area contributed by atoms with Crippen molar-refractivity contribution in [2.45, 2.75) is 58.7 Å². The van der Waals surface area contributed by atoms with Gasteiger partial charge in [0.05, 0.1) is 11.1 Å². The highest BCUT2D eigenvalue weighted by Crippen LogP contribution is 2.23. The number of benzene rings is 2. The summed E-state index contributed by atoms with van der Waals surface area (Å²) in [7, 11) is 0. The number of carbonyl (C=O) groups excluding carboxylic acids is 4. The third-order valence-electron chi connectivity index (χ3n) is 6.09. The van der Waals surface area contributed by atoms with E-state index in [9.17, 15) is 19.2 Å².